The standard InChI is InChI=1S/C15H19F3N2O/c1-9-3-4-12(8-13(9)15(16,17)18)20-14(21)11-5-6-19-10(2)7-11/h3-4,8,10-11,19H,5-7H2,1-2H3,(H,20,21). The van der Waals surface area contributed by atoms with Crippen LogP contribution in [0.4, 0.5) is 18.9 Å². The van der Waals surface area contributed by atoms with Gasteiger partial charge in [-0.2, -0.15) is 13.2 Å². The molecule has 21 heavy (non-hydrogen) atoms. The SMILES string of the molecule is Cc1ccc(NC(=O)C2CCNC(C)C2)cc1C(F)(F)F. The number of hydrogen-bond acceptors (Lipinski definition) is 2. The monoisotopic (exact) mass is 300 g/mol. The molecule has 2 atom stereocenters. The Hall–Kier alpha value is -1.56. The summed E-state index contributed by atoms with van der Waals surface area (Å²) in [6.07, 6.45) is -3.01. The maximum atomic E-state index is 12.9. The van der Waals surface area contributed by atoms with E-state index in [1.54, 1.807) is 0 Å². The van der Waals surface area contributed by atoms with Crippen molar-refractivity contribution in [2.45, 2.75) is 38.9 Å². The molecule has 0 saturated carbocycles. The van der Waals surface area contributed by atoms with Gasteiger partial charge in [0.25, 0.3) is 0 Å². The Bertz CT molecular complexity index is 528. The lowest BCUT2D eigenvalue weighted by molar-refractivity contribution is -0.138. The predicted molar refractivity (Wildman–Crippen MR) is 75.0 cm³/mol. The van der Waals surface area contributed by atoms with Crippen LogP contribution in [0, 0.1) is 12.8 Å². The number of amides is 1. The third-order valence-electron chi connectivity index (χ3n) is 3.80. The van der Waals surface area contributed by atoms with Gasteiger partial charge >= 0.3 is 6.18 Å². The van der Waals surface area contributed by atoms with E-state index in [0.717, 1.165) is 12.6 Å². The van der Waals surface area contributed by atoms with Crippen LogP contribution in [0.25, 0.3) is 0 Å². The summed E-state index contributed by atoms with van der Waals surface area (Å²) in [6.45, 7) is 4.15. The zero-order chi connectivity index (χ0) is 15.6. The second-order valence-electron chi connectivity index (χ2n) is 5.59. The lowest BCUT2D eigenvalue weighted by atomic mass is 9.92. The Kier molecular flexibility index (Phi) is 4.56. The van der Waals surface area contributed by atoms with Crippen LogP contribution in [0.3, 0.4) is 0 Å². The van der Waals surface area contributed by atoms with Gasteiger partial charge in [-0.3, -0.25) is 4.79 Å². The first-order chi connectivity index (χ1) is 9.77. The minimum absolute atomic E-state index is 0.149. The average molecular weight is 300 g/mol. The Morgan fingerprint density at radius 1 is 1.38 bits per heavy atom. The van der Waals surface area contributed by atoms with Gasteiger partial charge in [-0.25, -0.2) is 0 Å². The topological polar surface area (TPSA) is 41.1 Å². The van der Waals surface area contributed by atoms with Crippen molar-refractivity contribution in [3.8, 4) is 0 Å². The fourth-order valence-electron chi connectivity index (χ4n) is 2.62. The molecular weight excluding hydrogens is 281 g/mol. The van der Waals surface area contributed by atoms with Gasteiger partial charge in [0.1, 0.15) is 0 Å². The van der Waals surface area contributed by atoms with Gasteiger partial charge in [0, 0.05) is 17.6 Å². The van der Waals surface area contributed by atoms with E-state index in [0.29, 0.717) is 12.8 Å². The number of carbonyl (C=O) groups excluding carboxylic acids is 1. The van der Waals surface area contributed by atoms with Crippen LogP contribution in [0.2, 0.25) is 0 Å². The highest BCUT2D eigenvalue weighted by atomic mass is 19.4. The number of carbonyl (C=O) groups is 1. The molecule has 1 aliphatic rings. The Morgan fingerprint density at radius 2 is 2.10 bits per heavy atom. The van der Waals surface area contributed by atoms with E-state index in [2.05, 4.69) is 10.6 Å². The number of rotatable bonds is 2. The van der Waals surface area contributed by atoms with Crippen molar-refractivity contribution >= 4 is 11.6 Å². The Balaban J connectivity index is 2.11. The Morgan fingerprint density at radius 3 is 2.71 bits per heavy atom. The minimum Gasteiger partial charge on any atom is -0.326 e. The molecule has 0 spiro atoms. The number of halogens is 3. The van der Waals surface area contributed by atoms with Crippen molar-refractivity contribution in [2.24, 2.45) is 5.92 Å². The van der Waals surface area contributed by atoms with Crippen LogP contribution in [-0.2, 0) is 11.0 Å². The summed E-state index contributed by atoms with van der Waals surface area (Å²) in [5.74, 6) is -0.364. The molecule has 0 bridgehead atoms. The zero-order valence-corrected chi connectivity index (χ0v) is 12.1. The molecule has 1 heterocycles. The van der Waals surface area contributed by atoms with Crippen molar-refractivity contribution in [2.75, 3.05) is 11.9 Å². The smallest absolute Gasteiger partial charge is 0.326 e. The van der Waals surface area contributed by atoms with Crippen LogP contribution in [0.5, 0.6) is 0 Å². The van der Waals surface area contributed by atoms with Gasteiger partial charge in [0.05, 0.1) is 5.56 Å². The molecule has 1 amide bonds. The van der Waals surface area contributed by atoms with Gasteiger partial charge in [-0.05, 0) is 50.9 Å². The summed E-state index contributed by atoms with van der Waals surface area (Å²) in [4.78, 5) is 12.1. The van der Waals surface area contributed by atoms with Crippen molar-refractivity contribution in [3.05, 3.63) is 29.3 Å². The number of aryl methyl sites for hydroxylation is 1. The quantitative estimate of drug-likeness (QED) is 0.879. The van der Waals surface area contributed by atoms with Crippen molar-refractivity contribution in [3.63, 3.8) is 0 Å². The molecule has 0 radical (unpaired) electrons. The van der Waals surface area contributed by atoms with E-state index >= 15 is 0 Å². The molecule has 3 nitrogen and oxygen atoms in total. The van der Waals surface area contributed by atoms with Gasteiger partial charge in [-0.1, -0.05) is 6.07 Å². The second kappa shape index (κ2) is 6.05. The lowest BCUT2D eigenvalue weighted by Gasteiger charge is -2.27. The van der Waals surface area contributed by atoms with Crippen LogP contribution >= 0.6 is 0 Å². The molecule has 0 aromatic heterocycles. The van der Waals surface area contributed by atoms with E-state index in [-0.39, 0.29) is 29.1 Å². The van der Waals surface area contributed by atoms with Crippen molar-refractivity contribution < 1.29 is 18.0 Å². The van der Waals surface area contributed by atoms with Gasteiger partial charge in [0.15, 0.2) is 0 Å². The molecule has 2 rings (SSSR count). The maximum absolute atomic E-state index is 12.9. The molecule has 1 fully saturated rings. The number of anilines is 1. The van der Waals surface area contributed by atoms with E-state index < -0.39 is 11.7 Å². The lowest BCUT2D eigenvalue weighted by Crippen LogP contribution is -2.40. The molecule has 1 aliphatic heterocycles. The molecule has 1 aromatic carbocycles. The summed E-state index contributed by atoms with van der Waals surface area (Å²) < 4.78 is 38.6. The van der Waals surface area contributed by atoms with Crippen LogP contribution < -0.4 is 10.6 Å². The largest absolute Gasteiger partial charge is 0.416 e. The summed E-state index contributed by atoms with van der Waals surface area (Å²) in [5, 5.41) is 5.84. The van der Waals surface area contributed by atoms with Crippen molar-refractivity contribution in [1.82, 2.24) is 5.32 Å². The third kappa shape index (κ3) is 3.97. The molecule has 2 unspecified atom stereocenters. The minimum atomic E-state index is -4.41. The highest BCUT2D eigenvalue weighted by Gasteiger charge is 2.33. The van der Waals surface area contributed by atoms with Crippen LogP contribution in [-0.4, -0.2) is 18.5 Å². The molecule has 1 aromatic rings. The van der Waals surface area contributed by atoms with Crippen LogP contribution in [0.15, 0.2) is 18.2 Å². The summed E-state index contributed by atoms with van der Waals surface area (Å²) in [7, 11) is 0. The molecule has 116 valence electrons. The third-order valence-corrected chi connectivity index (χ3v) is 3.80. The molecule has 0 aliphatic carbocycles. The van der Waals surface area contributed by atoms with E-state index in [1.165, 1.54) is 19.1 Å². The van der Waals surface area contributed by atoms with Gasteiger partial charge in [-0.15, -0.1) is 0 Å². The number of hydrogen-bond donors (Lipinski definition) is 2. The molecule has 6 heteroatoms. The second-order valence-corrected chi connectivity index (χ2v) is 5.59. The number of benzene rings is 1. The first-order valence-electron chi connectivity index (χ1n) is 6.99. The normalized spacial score (nSPS) is 22.9. The van der Waals surface area contributed by atoms with Gasteiger partial charge in [0.2, 0.25) is 5.91 Å². The predicted octanol–water partition coefficient (Wildman–Crippen LogP) is 3.34. The summed E-state index contributed by atoms with van der Waals surface area (Å²) in [6, 6.07) is 4.13. The van der Waals surface area contributed by atoms with E-state index in [1.807, 2.05) is 6.92 Å². The van der Waals surface area contributed by atoms with E-state index in [9.17, 15) is 18.0 Å². The fraction of sp³-hybridized carbons (Fsp3) is 0.533. The highest BCUT2D eigenvalue weighted by Crippen LogP contribution is 2.33. The summed E-state index contributed by atoms with van der Waals surface area (Å²) in [5.41, 5.74) is -0.362. The fourth-order valence-corrected chi connectivity index (χ4v) is 2.62. The first kappa shape index (κ1) is 15.8. The van der Waals surface area contributed by atoms with E-state index in [4.69, 9.17) is 0 Å². The summed E-state index contributed by atoms with van der Waals surface area (Å²) >= 11 is 0. The number of nitrogens with one attached hydrogen (secondary N) is 2. The van der Waals surface area contributed by atoms with Crippen LogP contribution in [0.1, 0.15) is 30.9 Å². The highest BCUT2D eigenvalue weighted by molar-refractivity contribution is 5.92. The van der Waals surface area contributed by atoms with Crippen molar-refractivity contribution in [1.29, 1.82) is 0 Å². The maximum Gasteiger partial charge on any atom is 0.416 e. The molecular formula is C15H19F3N2O. The number of piperidine rings is 1. The zero-order valence-electron chi connectivity index (χ0n) is 12.1. The Labute approximate surface area is 121 Å². The van der Waals surface area contributed by atoms with Gasteiger partial charge < -0.3 is 10.6 Å². The average Bonchev–Trinajstić information content (AvgIpc) is 2.39. The number of alkyl halides is 3. The first-order valence-corrected chi connectivity index (χ1v) is 6.99. The molecule has 2 N–H and O–H groups in total. The molecule has 1 saturated heterocycles.